The lowest BCUT2D eigenvalue weighted by molar-refractivity contribution is 0.0948. The van der Waals surface area contributed by atoms with Crippen LogP contribution in [0.15, 0.2) is 42.0 Å². The minimum atomic E-state index is 0.0595. The van der Waals surface area contributed by atoms with Gasteiger partial charge in [-0.25, -0.2) is 0 Å². The Bertz CT molecular complexity index is 836. The maximum atomic E-state index is 12.8. The highest BCUT2D eigenvalue weighted by molar-refractivity contribution is 7.17. The van der Waals surface area contributed by atoms with Crippen LogP contribution in [0.2, 0.25) is 0 Å². The number of rotatable bonds is 3. The van der Waals surface area contributed by atoms with Gasteiger partial charge in [-0.2, -0.15) is 0 Å². The van der Waals surface area contributed by atoms with E-state index in [1.54, 1.807) is 11.3 Å². The van der Waals surface area contributed by atoms with E-state index in [1.807, 2.05) is 0 Å². The SMILES string of the molecule is C[C@@H](NC(=O)c1cc2c(s1)-c1ccccc1CC2)C1=CCN(C)CC1. The number of benzene rings is 1. The predicted octanol–water partition coefficient (Wildman–Crippen LogP) is 3.89. The number of carbonyl (C=O) groups is 1. The maximum absolute atomic E-state index is 12.8. The Hall–Kier alpha value is -1.91. The van der Waals surface area contributed by atoms with Crippen molar-refractivity contribution in [3.8, 4) is 10.4 Å². The van der Waals surface area contributed by atoms with Gasteiger partial charge < -0.3 is 10.2 Å². The quantitative estimate of drug-likeness (QED) is 0.850. The smallest absolute Gasteiger partial charge is 0.261 e. The molecule has 0 unspecified atom stereocenters. The highest BCUT2D eigenvalue weighted by atomic mass is 32.1. The van der Waals surface area contributed by atoms with Crippen LogP contribution in [0.25, 0.3) is 10.4 Å². The average molecular weight is 353 g/mol. The van der Waals surface area contributed by atoms with Crippen molar-refractivity contribution in [1.82, 2.24) is 10.2 Å². The summed E-state index contributed by atoms with van der Waals surface area (Å²) in [5, 5.41) is 3.20. The van der Waals surface area contributed by atoms with E-state index in [2.05, 4.69) is 60.6 Å². The van der Waals surface area contributed by atoms with Gasteiger partial charge in [0.25, 0.3) is 5.91 Å². The molecular formula is C21H24N2OS. The number of hydrogen-bond donors (Lipinski definition) is 1. The van der Waals surface area contributed by atoms with Gasteiger partial charge in [0.15, 0.2) is 0 Å². The van der Waals surface area contributed by atoms with Gasteiger partial charge in [-0.3, -0.25) is 4.79 Å². The predicted molar refractivity (Wildman–Crippen MR) is 104 cm³/mol. The molecule has 3 nitrogen and oxygen atoms in total. The van der Waals surface area contributed by atoms with Crippen molar-refractivity contribution in [3.63, 3.8) is 0 Å². The number of fused-ring (bicyclic) bond motifs is 3. The summed E-state index contributed by atoms with van der Waals surface area (Å²) in [5.74, 6) is 0.0595. The number of amides is 1. The van der Waals surface area contributed by atoms with Crippen LogP contribution >= 0.6 is 11.3 Å². The van der Waals surface area contributed by atoms with E-state index in [-0.39, 0.29) is 11.9 Å². The van der Waals surface area contributed by atoms with Gasteiger partial charge in [0.05, 0.1) is 4.88 Å². The minimum absolute atomic E-state index is 0.0595. The van der Waals surface area contributed by atoms with Gasteiger partial charge in [0.2, 0.25) is 0 Å². The monoisotopic (exact) mass is 352 g/mol. The van der Waals surface area contributed by atoms with E-state index in [1.165, 1.54) is 27.1 Å². The molecule has 1 atom stereocenters. The number of thiophene rings is 1. The number of aryl methyl sites for hydroxylation is 2. The van der Waals surface area contributed by atoms with Gasteiger partial charge in [-0.15, -0.1) is 11.3 Å². The highest BCUT2D eigenvalue weighted by Crippen LogP contribution is 2.39. The number of nitrogens with one attached hydrogen (secondary N) is 1. The van der Waals surface area contributed by atoms with Gasteiger partial charge in [-0.05, 0) is 61.6 Å². The van der Waals surface area contributed by atoms with Crippen LogP contribution in [0.1, 0.15) is 34.1 Å². The first-order valence-corrected chi connectivity index (χ1v) is 9.83. The molecule has 4 rings (SSSR count). The molecular weight excluding hydrogens is 328 g/mol. The van der Waals surface area contributed by atoms with E-state index in [0.29, 0.717) is 0 Å². The molecule has 25 heavy (non-hydrogen) atoms. The van der Waals surface area contributed by atoms with E-state index in [4.69, 9.17) is 0 Å². The van der Waals surface area contributed by atoms with Crippen LogP contribution < -0.4 is 5.32 Å². The third kappa shape index (κ3) is 3.29. The molecule has 130 valence electrons. The van der Waals surface area contributed by atoms with Crippen molar-refractivity contribution >= 4 is 17.2 Å². The Balaban J connectivity index is 1.52. The molecule has 1 aromatic heterocycles. The molecule has 0 bridgehead atoms. The van der Waals surface area contributed by atoms with Crippen LogP contribution in [0.4, 0.5) is 0 Å². The fourth-order valence-corrected chi connectivity index (χ4v) is 4.90. The second-order valence-electron chi connectivity index (χ2n) is 7.11. The summed E-state index contributed by atoms with van der Waals surface area (Å²) in [7, 11) is 2.13. The van der Waals surface area contributed by atoms with Crippen molar-refractivity contribution < 1.29 is 4.79 Å². The lowest BCUT2D eigenvalue weighted by Crippen LogP contribution is -2.36. The van der Waals surface area contributed by atoms with E-state index < -0.39 is 0 Å². The summed E-state index contributed by atoms with van der Waals surface area (Å²) in [6, 6.07) is 10.8. The minimum Gasteiger partial charge on any atom is -0.345 e. The lowest BCUT2D eigenvalue weighted by Gasteiger charge is -2.25. The molecule has 1 aliphatic carbocycles. The van der Waals surface area contributed by atoms with E-state index in [9.17, 15) is 4.79 Å². The van der Waals surface area contributed by atoms with Crippen molar-refractivity contribution in [1.29, 1.82) is 0 Å². The van der Waals surface area contributed by atoms with Crippen molar-refractivity contribution in [2.24, 2.45) is 0 Å². The summed E-state index contributed by atoms with van der Waals surface area (Å²) in [5.41, 5.74) is 5.37. The zero-order valence-electron chi connectivity index (χ0n) is 14.8. The van der Waals surface area contributed by atoms with Gasteiger partial charge in [0.1, 0.15) is 0 Å². The summed E-state index contributed by atoms with van der Waals surface area (Å²) in [4.78, 5) is 17.2. The summed E-state index contributed by atoms with van der Waals surface area (Å²) >= 11 is 1.64. The molecule has 1 aliphatic heterocycles. The third-order valence-corrected chi connectivity index (χ3v) is 6.52. The first-order chi connectivity index (χ1) is 12.1. The first-order valence-electron chi connectivity index (χ1n) is 9.01. The Kier molecular flexibility index (Phi) is 4.48. The maximum Gasteiger partial charge on any atom is 0.261 e. The van der Waals surface area contributed by atoms with Gasteiger partial charge in [-0.1, -0.05) is 30.3 Å². The zero-order valence-corrected chi connectivity index (χ0v) is 15.7. The lowest BCUT2D eigenvalue weighted by atomic mass is 9.91. The Morgan fingerprint density at radius 3 is 2.80 bits per heavy atom. The Morgan fingerprint density at radius 1 is 1.20 bits per heavy atom. The van der Waals surface area contributed by atoms with Crippen molar-refractivity contribution in [2.45, 2.75) is 32.2 Å². The van der Waals surface area contributed by atoms with Crippen LogP contribution in [-0.4, -0.2) is 37.0 Å². The average Bonchev–Trinajstić information content (AvgIpc) is 3.07. The second kappa shape index (κ2) is 6.77. The molecule has 1 aromatic carbocycles. The fourth-order valence-electron chi connectivity index (χ4n) is 3.72. The molecule has 0 radical (unpaired) electrons. The normalized spacial score (nSPS) is 18.1. The van der Waals surface area contributed by atoms with Crippen LogP contribution in [0, 0.1) is 0 Å². The van der Waals surface area contributed by atoms with Crippen LogP contribution in [0.3, 0.4) is 0 Å². The third-order valence-electron chi connectivity index (χ3n) is 5.31. The fraction of sp³-hybridized carbons (Fsp3) is 0.381. The van der Waals surface area contributed by atoms with Crippen LogP contribution in [-0.2, 0) is 12.8 Å². The van der Waals surface area contributed by atoms with Crippen LogP contribution in [0.5, 0.6) is 0 Å². The second-order valence-corrected chi connectivity index (χ2v) is 8.16. The molecule has 0 saturated heterocycles. The molecule has 0 saturated carbocycles. The highest BCUT2D eigenvalue weighted by Gasteiger charge is 2.23. The number of likely N-dealkylation sites (N-methyl/N-ethyl adjacent to an activating group) is 1. The molecule has 2 aliphatic rings. The van der Waals surface area contributed by atoms with Gasteiger partial charge >= 0.3 is 0 Å². The summed E-state index contributed by atoms with van der Waals surface area (Å²) in [6.45, 7) is 4.13. The Labute approximate surface area is 153 Å². The van der Waals surface area contributed by atoms with E-state index >= 15 is 0 Å². The summed E-state index contributed by atoms with van der Waals surface area (Å²) in [6.07, 6.45) is 5.39. The molecule has 1 N–H and O–H groups in total. The van der Waals surface area contributed by atoms with Crippen molar-refractivity contribution in [2.75, 3.05) is 20.1 Å². The molecule has 0 spiro atoms. The number of nitrogens with zero attached hydrogens (tertiary/aromatic N) is 1. The summed E-state index contributed by atoms with van der Waals surface area (Å²) < 4.78 is 0. The Morgan fingerprint density at radius 2 is 2.00 bits per heavy atom. The number of carbonyl (C=O) groups excluding carboxylic acids is 1. The standard InChI is InChI=1S/C21H24N2OS/c1-14(15-9-11-23(2)12-10-15)22-21(24)19-13-17-8-7-16-5-3-4-6-18(16)20(17)25-19/h3-6,9,13-14H,7-8,10-12H2,1-2H3,(H,22,24)/t14-/m1/s1. The molecule has 2 heterocycles. The molecule has 1 amide bonds. The topological polar surface area (TPSA) is 32.3 Å². The van der Waals surface area contributed by atoms with Gasteiger partial charge in [0, 0.05) is 24.0 Å². The zero-order chi connectivity index (χ0) is 17.4. The largest absolute Gasteiger partial charge is 0.345 e. The first kappa shape index (κ1) is 16.6. The van der Waals surface area contributed by atoms with Crippen molar-refractivity contribution in [3.05, 3.63) is 58.0 Å². The molecule has 4 heteroatoms. The number of hydrogen-bond acceptors (Lipinski definition) is 3. The molecule has 0 fully saturated rings. The van der Waals surface area contributed by atoms with E-state index in [0.717, 1.165) is 37.2 Å². The molecule has 2 aromatic rings.